The van der Waals surface area contributed by atoms with Gasteiger partial charge in [0.15, 0.2) is 0 Å². The van der Waals surface area contributed by atoms with Gasteiger partial charge >= 0.3 is 0 Å². The Morgan fingerprint density at radius 3 is 2.14 bits per heavy atom. The largest absolute Gasteiger partial charge is 0.370 e. The van der Waals surface area contributed by atoms with Crippen molar-refractivity contribution in [3.05, 3.63) is 41.2 Å². The first-order valence-corrected chi connectivity index (χ1v) is 7.46. The zero-order chi connectivity index (χ0) is 15.4. The van der Waals surface area contributed by atoms with Crippen LogP contribution in [0.4, 0.5) is 17.3 Å². The minimum Gasteiger partial charge on any atom is -0.370 e. The Kier molecular flexibility index (Phi) is 4.78. The molecule has 2 aromatic rings. The summed E-state index contributed by atoms with van der Waals surface area (Å²) in [5.74, 6) is 2.83. The first kappa shape index (κ1) is 15.3. The van der Waals surface area contributed by atoms with E-state index in [0.29, 0.717) is 5.92 Å². The topological polar surface area (TPSA) is 49.8 Å². The summed E-state index contributed by atoms with van der Waals surface area (Å²) in [4.78, 5) is 9.14. The van der Waals surface area contributed by atoms with E-state index >= 15 is 0 Å². The Morgan fingerprint density at radius 1 is 0.952 bits per heavy atom. The highest BCUT2D eigenvalue weighted by Gasteiger charge is 2.08. The van der Waals surface area contributed by atoms with Crippen LogP contribution >= 0.6 is 0 Å². The number of anilines is 3. The lowest BCUT2D eigenvalue weighted by molar-refractivity contribution is 0.777. The Morgan fingerprint density at radius 2 is 1.57 bits per heavy atom. The molecule has 0 fully saturated rings. The molecular weight excluding hydrogens is 260 g/mol. The molecule has 21 heavy (non-hydrogen) atoms. The molecule has 0 aliphatic heterocycles. The van der Waals surface area contributed by atoms with Gasteiger partial charge in [0.2, 0.25) is 0 Å². The van der Waals surface area contributed by atoms with Gasteiger partial charge in [-0.3, -0.25) is 0 Å². The number of rotatable bonds is 5. The van der Waals surface area contributed by atoms with Gasteiger partial charge in [0, 0.05) is 24.2 Å². The van der Waals surface area contributed by atoms with Gasteiger partial charge in [0.25, 0.3) is 0 Å². The molecule has 2 rings (SSSR count). The van der Waals surface area contributed by atoms with Crippen LogP contribution in [0.15, 0.2) is 24.3 Å². The van der Waals surface area contributed by atoms with E-state index in [9.17, 15) is 0 Å². The molecule has 0 amide bonds. The summed E-state index contributed by atoms with van der Waals surface area (Å²) in [7, 11) is 0. The van der Waals surface area contributed by atoms with Crippen molar-refractivity contribution in [2.45, 2.75) is 40.5 Å². The maximum atomic E-state index is 4.61. The average Bonchev–Trinajstić information content (AvgIpc) is 2.37. The lowest BCUT2D eigenvalue weighted by Gasteiger charge is -2.13. The number of aryl methyl sites for hydroxylation is 2. The van der Waals surface area contributed by atoms with Crippen LogP contribution in [-0.4, -0.2) is 16.5 Å². The zero-order valence-corrected chi connectivity index (χ0v) is 13.5. The number of nitrogens with one attached hydrogen (secondary N) is 2. The maximum absolute atomic E-state index is 4.61. The lowest BCUT2D eigenvalue weighted by Crippen LogP contribution is -2.07. The molecule has 1 heterocycles. The summed E-state index contributed by atoms with van der Waals surface area (Å²) in [6.07, 6.45) is 0. The molecule has 0 atom stereocenters. The number of nitrogens with zero attached hydrogens (tertiary/aromatic N) is 2. The summed E-state index contributed by atoms with van der Waals surface area (Å²) >= 11 is 0. The van der Waals surface area contributed by atoms with Crippen LogP contribution in [0.2, 0.25) is 0 Å². The number of aromatic nitrogens is 2. The second-order valence-electron chi connectivity index (χ2n) is 5.68. The maximum Gasteiger partial charge on any atom is 0.136 e. The predicted molar refractivity (Wildman–Crippen MR) is 89.5 cm³/mol. The standard InChI is InChI=1S/C17H24N4/c1-6-18-15-10-16(21-17(20-15)11(2)3)19-14-8-12(4)7-13(5)9-14/h7-11H,6H2,1-5H3,(H2,18,19,20,21). The molecule has 2 N–H and O–H groups in total. The smallest absolute Gasteiger partial charge is 0.136 e. The van der Waals surface area contributed by atoms with Crippen molar-refractivity contribution in [2.75, 3.05) is 17.2 Å². The quantitative estimate of drug-likeness (QED) is 0.854. The third-order valence-electron chi connectivity index (χ3n) is 3.11. The van der Waals surface area contributed by atoms with E-state index in [1.807, 2.05) is 6.07 Å². The van der Waals surface area contributed by atoms with Crippen molar-refractivity contribution < 1.29 is 0 Å². The van der Waals surface area contributed by atoms with Crippen molar-refractivity contribution in [1.29, 1.82) is 0 Å². The van der Waals surface area contributed by atoms with Crippen LogP contribution in [0.1, 0.15) is 43.6 Å². The highest BCUT2D eigenvalue weighted by molar-refractivity contribution is 5.61. The monoisotopic (exact) mass is 284 g/mol. The Balaban J connectivity index is 2.33. The third-order valence-corrected chi connectivity index (χ3v) is 3.11. The Bertz CT molecular complexity index is 600. The van der Waals surface area contributed by atoms with Gasteiger partial charge in [0.1, 0.15) is 17.5 Å². The first-order chi connectivity index (χ1) is 9.97. The van der Waals surface area contributed by atoms with Crippen LogP contribution in [0.25, 0.3) is 0 Å². The molecule has 4 nitrogen and oxygen atoms in total. The van der Waals surface area contributed by atoms with Gasteiger partial charge in [-0.05, 0) is 44.0 Å². The fourth-order valence-corrected chi connectivity index (χ4v) is 2.25. The third kappa shape index (κ3) is 4.18. The van der Waals surface area contributed by atoms with E-state index in [1.165, 1.54) is 11.1 Å². The molecule has 1 aromatic carbocycles. The molecule has 0 radical (unpaired) electrons. The number of hydrogen-bond acceptors (Lipinski definition) is 4. The SMILES string of the molecule is CCNc1cc(Nc2cc(C)cc(C)c2)nc(C(C)C)n1. The van der Waals surface area contributed by atoms with Crippen molar-refractivity contribution in [3.8, 4) is 0 Å². The lowest BCUT2D eigenvalue weighted by atomic mass is 10.1. The van der Waals surface area contributed by atoms with Gasteiger partial charge in [0.05, 0.1) is 0 Å². The average molecular weight is 284 g/mol. The summed E-state index contributed by atoms with van der Waals surface area (Å²) in [6, 6.07) is 8.36. The van der Waals surface area contributed by atoms with Crippen LogP contribution in [0.5, 0.6) is 0 Å². The van der Waals surface area contributed by atoms with E-state index in [-0.39, 0.29) is 0 Å². The van der Waals surface area contributed by atoms with Crippen LogP contribution in [-0.2, 0) is 0 Å². The molecule has 4 heteroatoms. The summed E-state index contributed by atoms with van der Waals surface area (Å²) in [6.45, 7) is 11.3. The van der Waals surface area contributed by atoms with Gasteiger partial charge < -0.3 is 10.6 Å². The highest BCUT2D eigenvalue weighted by atomic mass is 15.1. The Labute approximate surface area is 127 Å². The van der Waals surface area contributed by atoms with Crippen molar-refractivity contribution in [1.82, 2.24) is 9.97 Å². The van der Waals surface area contributed by atoms with Gasteiger partial charge in [-0.2, -0.15) is 0 Å². The van der Waals surface area contributed by atoms with Crippen molar-refractivity contribution >= 4 is 17.3 Å². The van der Waals surface area contributed by atoms with Gasteiger partial charge in [-0.1, -0.05) is 19.9 Å². The van der Waals surface area contributed by atoms with Gasteiger partial charge in [-0.25, -0.2) is 9.97 Å². The molecule has 112 valence electrons. The predicted octanol–water partition coefficient (Wildman–Crippen LogP) is 4.39. The second kappa shape index (κ2) is 6.57. The molecule has 1 aromatic heterocycles. The van der Waals surface area contributed by atoms with Crippen LogP contribution < -0.4 is 10.6 Å². The molecule has 0 bridgehead atoms. The summed E-state index contributed by atoms with van der Waals surface area (Å²) < 4.78 is 0. The molecule has 0 saturated heterocycles. The highest BCUT2D eigenvalue weighted by Crippen LogP contribution is 2.22. The molecule has 0 unspecified atom stereocenters. The molecule has 0 aliphatic carbocycles. The summed E-state index contributed by atoms with van der Waals surface area (Å²) in [5.41, 5.74) is 3.54. The summed E-state index contributed by atoms with van der Waals surface area (Å²) in [5, 5.41) is 6.65. The zero-order valence-electron chi connectivity index (χ0n) is 13.5. The van der Waals surface area contributed by atoms with Crippen LogP contribution in [0, 0.1) is 13.8 Å². The molecule has 0 aliphatic rings. The van der Waals surface area contributed by atoms with Crippen molar-refractivity contribution in [3.63, 3.8) is 0 Å². The van der Waals surface area contributed by atoms with E-state index in [1.54, 1.807) is 0 Å². The second-order valence-corrected chi connectivity index (χ2v) is 5.68. The fraction of sp³-hybridized carbons (Fsp3) is 0.412. The van der Waals surface area contributed by atoms with E-state index in [0.717, 1.165) is 29.7 Å². The van der Waals surface area contributed by atoms with E-state index in [4.69, 9.17) is 0 Å². The van der Waals surface area contributed by atoms with E-state index < -0.39 is 0 Å². The Hall–Kier alpha value is -2.10. The van der Waals surface area contributed by atoms with Crippen LogP contribution in [0.3, 0.4) is 0 Å². The molecule has 0 spiro atoms. The minimum absolute atomic E-state index is 0.295. The van der Waals surface area contributed by atoms with E-state index in [2.05, 4.69) is 73.4 Å². The fourth-order valence-electron chi connectivity index (χ4n) is 2.25. The first-order valence-electron chi connectivity index (χ1n) is 7.46. The van der Waals surface area contributed by atoms with Crippen molar-refractivity contribution in [2.24, 2.45) is 0 Å². The number of benzene rings is 1. The number of hydrogen-bond donors (Lipinski definition) is 2. The normalized spacial score (nSPS) is 10.8. The van der Waals surface area contributed by atoms with Gasteiger partial charge in [-0.15, -0.1) is 0 Å². The minimum atomic E-state index is 0.295. The molecular formula is C17H24N4. The molecule has 0 saturated carbocycles.